The number of carbonyl (C=O) groups excluding carboxylic acids is 10. The van der Waals surface area contributed by atoms with E-state index in [1.54, 1.807) is 49.5 Å². The quantitative estimate of drug-likeness (QED) is 0.0443. The molecule has 1 aliphatic carbocycles. The number of primary amides is 1. The van der Waals surface area contributed by atoms with Crippen LogP contribution in [0.1, 0.15) is 133 Å². The van der Waals surface area contributed by atoms with Gasteiger partial charge in [-0.25, -0.2) is 0 Å². The first-order valence-electron chi connectivity index (χ1n) is 29.6. The van der Waals surface area contributed by atoms with Crippen LogP contribution in [-0.4, -0.2) is 163 Å². The maximum absolute atomic E-state index is 14.6. The lowest BCUT2D eigenvalue weighted by molar-refractivity contribution is -0.144. The van der Waals surface area contributed by atoms with Crippen LogP contribution in [0, 0.1) is 23.7 Å². The van der Waals surface area contributed by atoms with Crippen molar-refractivity contribution in [2.75, 3.05) is 33.2 Å². The Bertz CT molecular complexity index is 3550. The Balaban J connectivity index is 0.739. The number of likely N-dealkylation sites (tertiary alicyclic amines) is 1. The van der Waals surface area contributed by atoms with Crippen molar-refractivity contribution in [3.63, 3.8) is 0 Å². The van der Waals surface area contributed by atoms with E-state index in [-0.39, 0.29) is 97.4 Å². The van der Waals surface area contributed by atoms with Gasteiger partial charge in [0.05, 0.1) is 0 Å². The van der Waals surface area contributed by atoms with Crippen molar-refractivity contribution >= 4 is 77.6 Å². The Morgan fingerprint density at radius 3 is 2.27 bits per heavy atom. The van der Waals surface area contributed by atoms with Crippen molar-refractivity contribution in [2.24, 2.45) is 17.6 Å². The van der Waals surface area contributed by atoms with E-state index in [1.807, 2.05) is 15.9 Å². The molecular formula is C61H70F2N11O13P. The molecule has 6 heterocycles. The zero-order valence-electron chi connectivity index (χ0n) is 48.3. The summed E-state index contributed by atoms with van der Waals surface area (Å²) >= 11 is 0. The standard InChI is InChI=1S/C61H70F2N11O13P/c1-71-27-26-41-17-20-49(74(41)60(84)47(33-71)68-54(78)46-31-38-30-39(14-18-44(38)66-46)61(62,63)88(85,86)87)56(80)67-45(19-22-50(64)75)53(77)70-52(36-6-3-2-4-7-36)57(81)65-40-15-12-37(13-16-40)58(82)72-28-24-34(25-29-72)10-11-35-8-5-9-42-43(35)32-73(59(42)83)48-21-23-51(76)69-55(48)79/h2-9,14,18,30-31,34,37,40-41,45,47-49,52,66H,12-13,15-17,19-29,32-33H2,1H3,(H2,64,75)(H,65,81)(H,67,80)(H,68,78)(H,70,77)(H,69,76,79)(H2,85,86,87)/t37?,40?,41-,45+,47+,48?,49+,52+/m1/s1. The number of imide groups is 1. The predicted octanol–water partition coefficient (Wildman–Crippen LogP) is 2.52. The molecule has 0 bridgehead atoms. The first-order valence-corrected chi connectivity index (χ1v) is 31.2. The Hall–Kier alpha value is -8.37. The second kappa shape index (κ2) is 26.1. The number of hydrogen-bond donors (Lipinski definition) is 9. The summed E-state index contributed by atoms with van der Waals surface area (Å²) < 4.78 is 40.7. The number of likely N-dealkylation sites (N-methyl/N-ethyl adjacent to an activating group) is 1. The monoisotopic (exact) mass is 1230 g/mol. The summed E-state index contributed by atoms with van der Waals surface area (Å²) in [6.07, 6.45) is 4.16. The van der Waals surface area contributed by atoms with Crippen molar-refractivity contribution in [1.29, 1.82) is 0 Å². The lowest BCUT2D eigenvalue weighted by atomic mass is 9.84. The highest BCUT2D eigenvalue weighted by molar-refractivity contribution is 7.52. The maximum Gasteiger partial charge on any atom is 0.399 e. The minimum Gasteiger partial charge on any atom is -0.370 e. The first kappa shape index (κ1) is 62.7. The summed E-state index contributed by atoms with van der Waals surface area (Å²) in [4.78, 5) is 163. The SMILES string of the molecule is CN1CC[C@H]2CC[C@@H](C(=O)N[C@@H](CCC(N)=O)C(=O)N[C@H](C(=O)NC3CCC(C(=O)N4CCC(C#Cc5cccc6c5CN(C5CCC(=O)NC5=O)C6=O)CC4)CC3)c3ccccc3)N2C(=O)[C@@H](NC(=O)c2cc3cc(C(F)(F)P(=O)(O)O)ccc3[nH]2)C1. The molecule has 5 fully saturated rings. The van der Waals surface area contributed by atoms with Crippen molar-refractivity contribution in [3.8, 4) is 11.8 Å². The van der Waals surface area contributed by atoms with Crippen LogP contribution in [0.5, 0.6) is 0 Å². The van der Waals surface area contributed by atoms with E-state index in [0.29, 0.717) is 87.7 Å². The second-order valence-corrected chi connectivity index (χ2v) is 25.4. The number of nitrogens with zero attached hydrogens (tertiary/aromatic N) is 4. The number of piperidine rings is 2. The summed E-state index contributed by atoms with van der Waals surface area (Å²) in [5.74, 6) is 1.05. The predicted molar refractivity (Wildman–Crippen MR) is 312 cm³/mol. The van der Waals surface area contributed by atoms with Crippen LogP contribution in [0.15, 0.2) is 72.8 Å². The number of nitrogens with one attached hydrogen (secondary N) is 6. The zero-order chi connectivity index (χ0) is 62.8. The van der Waals surface area contributed by atoms with E-state index in [2.05, 4.69) is 43.4 Å². The van der Waals surface area contributed by atoms with E-state index < -0.39 is 96.4 Å². The van der Waals surface area contributed by atoms with Gasteiger partial charge in [-0.05, 0) is 126 Å². The van der Waals surface area contributed by atoms with Crippen molar-refractivity contribution in [3.05, 3.63) is 106 Å². The van der Waals surface area contributed by atoms with Gasteiger partial charge in [-0.1, -0.05) is 54.3 Å². The number of nitrogens with two attached hydrogens (primary N) is 1. The van der Waals surface area contributed by atoms with Crippen molar-refractivity contribution in [2.45, 2.75) is 138 Å². The molecule has 10 rings (SSSR count). The molecule has 1 aromatic heterocycles. The van der Waals surface area contributed by atoms with Gasteiger partial charge in [-0.15, -0.1) is 0 Å². The van der Waals surface area contributed by atoms with E-state index >= 15 is 0 Å². The molecule has 0 spiro atoms. The van der Waals surface area contributed by atoms with Crippen LogP contribution < -0.4 is 32.3 Å². The molecule has 6 atom stereocenters. The number of aromatic nitrogens is 1. The average molecular weight is 1230 g/mol. The van der Waals surface area contributed by atoms with Crippen LogP contribution in [0.4, 0.5) is 8.78 Å². The molecule has 1 saturated carbocycles. The van der Waals surface area contributed by atoms with E-state index in [9.17, 15) is 71.1 Å². The number of halogens is 2. The van der Waals surface area contributed by atoms with Crippen LogP contribution in [-0.2, 0) is 55.1 Å². The molecule has 24 nitrogen and oxygen atoms in total. The largest absolute Gasteiger partial charge is 0.399 e. The van der Waals surface area contributed by atoms with E-state index in [0.717, 1.165) is 23.8 Å². The average Bonchev–Trinajstić information content (AvgIpc) is 3.91. The van der Waals surface area contributed by atoms with Crippen LogP contribution in [0.2, 0.25) is 0 Å². The van der Waals surface area contributed by atoms with Crippen LogP contribution in [0.25, 0.3) is 10.9 Å². The number of amides is 10. The molecule has 4 saturated heterocycles. The Morgan fingerprint density at radius 2 is 1.57 bits per heavy atom. The summed E-state index contributed by atoms with van der Waals surface area (Å²) in [6.45, 7) is 1.72. The lowest BCUT2D eigenvalue weighted by Crippen LogP contribution is -2.61. The smallest absolute Gasteiger partial charge is 0.370 e. The number of alkyl halides is 2. The number of hydrogen-bond acceptors (Lipinski definition) is 12. The highest BCUT2D eigenvalue weighted by Crippen LogP contribution is 2.59. The van der Waals surface area contributed by atoms with Gasteiger partial charge in [0, 0.05) is 90.5 Å². The number of rotatable bonds is 16. The Morgan fingerprint density at radius 1 is 0.830 bits per heavy atom. The molecule has 1 unspecified atom stereocenters. The third kappa shape index (κ3) is 13.7. The van der Waals surface area contributed by atoms with Gasteiger partial charge in [0.25, 0.3) is 11.8 Å². The normalized spacial score (nSPS) is 23.5. The minimum atomic E-state index is -5.89. The fourth-order valence-corrected chi connectivity index (χ4v) is 13.4. The number of benzene rings is 3. The van der Waals surface area contributed by atoms with Crippen LogP contribution in [0.3, 0.4) is 0 Å². The highest BCUT2D eigenvalue weighted by Gasteiger charge is 2.51. The van der Waals surface area contributed by atoms with Gasteiger partial charge in [-0.2, -0.15) is 8.78 Å². The lowest BCUT2D eigenvalue weighted by Gasteiger charge is -2.38. The fourth-order valence-electron chi connectivity index (χ4n) is 12.9. The van der Waals surface area contributed by atoms with Gasteiger partial charge in [0.2, 0.25) is 47.3 Å². The number of aromatic amines is 1. The molecule has 10 N–H and O–H groups in total. The highest BCUT2D eigenvalue weighted by atomic mass is 31.2. The maximum atomic E-state index is 14.6. The van der Waals surface area contributed by atoms with Gasteiger partial charge in [0.15, 0.2) is 0 Å². The zero-order valence-corrected chi connectivity index (χ0v) is 49.2. The number of H-pyrrole nitrogens is 1. The summed E-state index contributed by atoms with van der Waals surface area (Å²) in [7, 11) is -4.13. The third-order valence-corrected chi connectivity index (χ3v) is 18.8. The molecule has 3 aromatic carbocycles. The van der Waals surface area contributed by atoms with E-state index in [1.165, 1.54) is 15.9 Å². The second-order valence-electron chi connectivity index (χ2n) is 23.7. The molecule has 6 aliphatic rings. The molecular weight excluding hydrogens is 1160 g/mol. The van der Waals surface area contributed by atoms with E-state index in [4.69, 9.17) is 5.73 Å². The minimum absolute atomic E-state index is 0.00805. The first-order chi connectivity index (χ1) is 41.9. The molecule has 0 radical (unpaired) electrons. The topological polar surface area (TPSA) is 343 Å². The third-order valence-electron chi connectivity index (χ3n) is 17.8. The van der Waals surface area contributed by atoms with Crippen LogP contribution >= 0.6 is 7.60 Å². The fraction of sp³-hybridized carbons (Fsp3) is 0.475. The molecule has 5 aliphatic heterocycles. The summed E-state index contributed by atoms with van der Waals surface area (Å²) in [6, 6.07) is 11.2. The van der Waals surface area contributed by atoms with Gasteiger partial charge in [-0.3, -0.25) is 57.8 Å². The van der Waals surface area contributed by atoms with Crippen molar-refractivity contribution in [1.82, 2.24) is 51.2 Å². The summed E-state index contributed by atoms with van der Waals surface area (Å²) in [5.41, 5.74) is 2.49. The van der Waals surface area contributed by atoms with Gasteiger partial charge in [0.1, 0.15) is 35.9 Å². The number of fused-ring (bicyclic) bond motifs is 3. The molecule has 27 heteroatoms. The number of carbonyl (C=O) groups is 10. The molecule has 88 heavy (non-hydrogen) atoms. The van der Waals surface area contributed by atoms with Gasteiger partial charge < -0.3 is 61.4 Å². The summed E-state index contributed by atoms with van der Waals surface area (Å²) in [5, 5.41) is 13.7. The Kier molecular flexibility index (Phi) is 18.6. The van der Waals surface area contributed by atoms with Gasteiger partial charge >= 0.3 is 13.3 Å². The van der Waals surface area contributed by atoms with Crippen molar-refractivity contribution < 1.29 is 71.1 Å². The Labute approximate surface area is 504 Å². The molecule has 466 valence electrons. The molecule has 10 amide bonds. The molecule has 4 aromatic rings.